The van der Waals surface area contributed by atoms with E-state index < -0.39 is 12.0 Å². The molecule has 6 heteroatoms. The van der Waals surface area contributed by atoms with E-state index in [1.165, 1.54) is 0 Å². The zero-order valence-electron chi connectivity index (χ0n) is 11.6. The number of carboxylic acid groups (broad SMARTS) is 1. The fraction of sp³-hybridized carbons (Fsp3) is 0.769. The molecule has 1 heterocycles. The first-order valence-corrected chi connectivity index (χ1v) is 7.05. The van der Waals surface area contributed by atoms with Crippen LogP contribution < -0.4 is 5.32 Å². The highest BCUT2D eigenvalue weighted by atomic mass is 16.4. The molecule has 0 aliphatic heterocycles. The second-order valence-corrected chi connectivity index (χ2v) is 4.99. The highest BCUT2D eigenvalue weighted by Gasteiger charge is 2.28. The number of hydrogen-bond acceptors (Lipinski definition) is 4. The molecule has 6 nitrogen and oxygen atoms in total. The van der Waals surface area contributed by atoms with Crippen LogP contribution in [0.25, 0.3) is 0 Å². The van der Waals surface area contributed by atoms with E-state index in [-0.39, 0.29) is 0 Å². The number of hydrogen-bond donors (Lipinski definition) is 2. The van der Waals surface area contributed by atoms with Crippen LogP contribution in [0.1, 0.15) is 44.8 Å². The fourth-order valence-corrected chi connectivity index (χ4v) is 2.08. The summed E-state index contributed by atoms with van der Waals surface area (Å²) >= 11 is 0. The lowest BCUT2D eigenvalue weighted by atomic mass is 10.2. The summed E-state index contributed by atoms with van der Waals surface area (Å²) < 4.78 is 1.85. The summed E-state index contributed by atoms with van der Waals surface area (Å²) in [5.41, 5.74) is 0. The van der Waals surface area contributed by atoms with Crippen molar-refractivity contribution < 1.29 is 9.90 Å². The van der Waals surface area contributed by atoms with Crippen molar-refractivity contribution in [2.24, 2.45) is 0 Å². The Labute approximate surface area is 113 Å². The molecule has 2 N–H and O–H groups in total. The van der Waals surface area contributed by atoms with Crippen LogP contribution in [0.5, 0.6) is 0 Å². The summed E-state index contributed by atoms with van der Waals surface area (Å²) in [6, 6.07) is -0.0832. The van der Waals surface area contributed by atoms with Gasteiger partial charge in [-0.15, -0.1) is 0 Å². The predicted octanol–water partition coefficient (Wildman–Crippen LogP) is 0.998. The maximum Gasteiger partial charge on any atom is 0.320 e. The normalized spacial score (nSPS) is 16.5. The third kappa shape index (κ3) is 3.76. The van der Waals surface area contributed by atoms with Crippen LogP contribution >= 0.6 is 0 Å². The SMILES string of the molecule is CCc1nc(CC)n(CCC(NC2CC2)C(=O)O)n1. The molecule has 2 rings (SSSR count). The molecule has 0 aromatic carbocycles. The van der Waals surface area contributed by atoms with Crippen molar-refractivity contribution in [3.63, 3.8) is 0 Å². The molecule has 1 aliphatic carbocycles. The second-order valence-electron chi connectivity index (χ2n) is 4.99. The van der Waals surface area contributed by atoms with Crippen molar-refractivity contribution in [3.05, 3.63) is 11.6 Å². The number of rotatable bonds is 8. The van der Waals surface area contributed by atoms with Crippen LogP contribution in [0.4, 0.5) is 0 Å². The van der Waals surface area contributed by atoms with Gasteiger partial charge in [0.15, 0.2) is 5.82 Å². The van der Waals surface area contributed by atoms with E-state index in [1.807, 2.05) is 18.5 Å². The van der Waals surface area contributed by atoms with Gasteiger partial charge in [0.05, 0.1) is 0 Å². The smallest absolute Gasteiger partial charge is 0.320 e. The Kier molecular flexibility index (Phi) is 4.52. The highest BCUT2D eigenvalue weighted by molar-refractivity contribution is 5.73. The minimum absolute atomic E-state index is 0.397. The van der Waals surface area contributed by atoms with Gasteiger partial charge in [0, 0.05) is 25.4 Å². The van der Waals surface area contributed by atoms with E-state index in [0.29, 0.717) is 19.0 Å². The van der Waals surface area contributed by atoms with E-state index in [0.717, 1.165) is 37.3 Å². The van der Waals surface area contributed by atoms with Gasteiger partial charge in [-0.25, -0.2) is 9.67 Å². The van der Waals surface area contributed by atoms with Gasteiger partial charge in [0.2, 0.25) is 0 Å². The Morgan fingerprint density at radius 1 is 1.47 bits per heavy atom. The van der Waals surface area contributed by atoms with Crippen LogP contribution in [0.15, 0.2) is 0 Å². The van der Waals surface area contributed by atoms with Crippen molar-refractivity contribution in [2.75, 3.05) is 0 Å². The third-order valence-corrected chi connectivity index (χ3v) is 3.37. The number of aliphatic carboxylic acids is 1. The van der Waals surface area contributed by atoms with Crippen LogP contribution in [0, 0.1) is 0 Å². The first-order chi connectivity index (χ1) is 9.13. The van der Waals surface area contributed by atoms with Crippen molar-refractivity contribution in [1.82, 2.24) is 20.1 Å². The average Bonchev–Trinajstić information content (AvgIpc) is 3.12. The lowest BCUT2D eigenvalue weighted by Gasteiger charge is -2.14. The molecule has 106 valence electrons. The summed E-state index contributed by atoms with van der Waals surface area (Å²) in [5, 5.41) is 16.8. The number of aryl methyl sites for hydroxylation is 3. The third-order valence-electron chi connectivity index (χ3n) is 3.37. The molecule has 0 bridgehead atoms. The van der Waals surface area contributed by atoms with Crippen molar-refractivity contribution in [1.29, 1.82) is 0 Å². The van der Waals surface area contributed by atoms with Gasteiger partial charge in [0.25, 0.3) is 0 Å². The molecule has 1 fully saturated rings. The Balaban J connectivity index is 1.95. The largest absolute Gasteiger partial charge is 0.480 e. The lowest BCUT2D eigenvalue weighted by molar-refractivity contribution is -0.139. The topological polar surface area (TPSA) is 80.0 Å². The average molecular weight is 266 g/mol. The van der Waals surface area contributed by atoms with Gasteiger partial charge in [0.1, 0.15) is 11.9 Å². The van der Waals surface area contributed by atoms with Crippen molar-refractivity contribution >= 4 is 5.97 Å². The summed E-state index contributed by atoms with van der Waals surface area (Å²) in [4.78, 5) is 15.6. The Morgan fingerprint density at radius 3 is 2.74 bits per heavy atom. The van der Waals surface area contributed by atoms with Crippen molar-refractivity contribution in [2.45, 2.75) is 64.6 Å². The van der Waals surface area contributed by atoms with Gasteiger partial charge in [-0.3, -0.25) is 4.79 Å². The summed E-state index contributed by atoms with van der Waals surface area (Å²) in [6.45, 7) is 4.66. The van der Waals surface area contributed by atoms with Crippen LogP contribution in [0.3, 0.4) is 0 Å². The molecule has 0 spiro atoms. The Hall–Kier alpha value is -1.43. The lowest BCUT2D eigenvalue weighted by Crippen LogP contribution is -2.39. The van der Waals surface area contributed by atoms with Crippen LogP contribution in [-0.2, 0) is 24.2 Å². The van der Waals surface area contributed by atoms with Crippen LogP contribution in [-0.4, -0.2) is 37.9 Å². The first-order valence-electron chi connectivity index (χ1n) is 7.05. The van der Waals surface area contributed by atoms with E-state index in [4.69, 9.17) is 0 Å². The number of nitrogens with zero attached hydrogens (tertiary/aromatic N) is 3. The molecule has 1 unspecified atom stereocenters. The molecule has 1 saturated carbocycles. The summed E-state index contributed by atoms with van der Waals surface area (Å²) in [7, 11) is 0. The number of carbonyl (C=O) groups is 1. The maximum atomic E-state index is 11.2. The molecular formula is C13H22N4O2. The van der Waals surface area contributed by atoms with Crippen LogP contribution in [0.2, 0.25) is 0 Å². The van der Waals surface area contributed by atoms with E-state index in [9.17, 15) is 9.90 Å². The quantitative estimate of drug-likeness (QED) is 0.733. The predicted molar refractivity (Wildman–Crippen MR) is 71.0 cm³/mol. The standard InChI is InChI=1S/C13H22N4O2/c1-3-11-15-12(4-2)17(16-11)8-7-10(13(18)19)14-9-5-6-9/h9-10,14H,3-8H2,1-2H3,(H,18,19). The number of nitrogens with one attached hydrogen (secondary N) is 1. The van der Waals surface area contributed by atoms with E-state index in [2.05, 4.69) is 15.4 Å². The molecule has 0 saturated heterocycles. The molecule has 1 aliphatic rings. The Bertz CT molecular complexity index is 440. The first kappa shape index (κ1) is 14.0. The highest BCUT2D eigenvalue weighted by Crippen LogP contribution is 2.20. The fourth-order valence-electron chi connectivity index (χ4n) is 2.08. The maximum absolute atomic E-state index is 11.2. The molecule has 0 amide bonds. The molecule has 1 atom stereocenters. The Morgan fingerprint density at radius 2 is 2.21 bits per heavy atom. The zero-order valence-corrected chi connectivity index (χ0v) is 11.6. The molecule has 1 aromatic heterocycles. The summed E-state index contributed by atoms with van der Waals surface area (Å²) in [6.07, 6.45) is 4.36. The zero-order chi connectivity index (χ0) is 13.8. The monoisotopic (exact) mass is 266 g/mol. The van der Waals surface area contributed by atoms with E-state index >= 15 is 0 Å². The number of carboxylic acids is 1. The minimum atomic E-state index is -0.777. The van der Waals surface area contributed by atoms with Gasteiger partial charge in [-0.2, -0.15) is 5.10 Å². The van der Waals surface area contributed by atoms with Gasteiger partial charge in [-0.1, -0.05) is 13.8 Å². The van der Waals surface area contributed by atoms with Crippen molar-refractivity contribution in [3.8, 4) is 0 Å². The van der Waals surface area contributed by atoms with Gasteiger partial charge < -0.3 is 10.4 Å². The summed E-state index contributed by atoms with van der Waals surface area (Å²) in [5.74, 6) is 0.993. The molecule has 19 heavy (non-hydrogen) atoms. The minimum Gasteiger partial charge on any atom is -0.480 e. The molecule has 0 radical (unpaired) electrons. The molecule has 1 aromatic rings. The second kappa shape index (κ2) is 6.14. The van der Waals surface area contributed by atoms with Gasteiger partial charge in [-0.05, 0) is 19.3 Å². The van der Waals surface area contributed by atoms with E-state index in [1.54, 1.807) is 0 Å². The van der Waals surface area contributed by atoms with Gasteiger partial charge >= 0.3 is 5.97 Å². The molecular weight excluding hydrogens is 244 g/mol. The number of aromatic nitrogens is 3.